The number of aliphatic hydroxyl groups excluding tert-OH is 1. The zero-order valence-corrected chi connectivity index (χ0v) is 14.6. The molecule has 1 rings (SSSR count). The van der Waals surface area contributed by atoms with E-state index in [0.29, 0.717) is 11.6 Å². The van der Waals surface area contributed by atoms with Crippen LogP contribution >= 0.6 is 11.6 Å². The van der Waals surface area contributed by atoms with Gasteiger partial charge in [-0.1, -0.05) is 17.7 Å². The number of alkyl carbamates (subject to hydrolysis) is 1. The lowest BCUT2D eigenvalue weighted by molar-refractivity contribution is 0.0527. The van der Waals surface area contributed by atoms with Crippen LogP contribution in [0.15, 0.2) is 12.1 Å². The summed E-state index contributed by atoms with van der Waals surface area (Å²) in [5.74, 6) is 0. The predicted octanol–water partition coefficient (Wildman–Crippen LogP) is 3.99. The quantitative estimate of drug-likeness (QED) is 0.777. The van der Waals surface area contributed by atoms with Gasteiger partial charge in [-0.05, 0) is 69.7 Å². The van der Waals surface area contributed by atoms with E-state index in [1.54, 1.807) is 0 Å². The van der Waals surface area contributed by atoms with Crippen LogP contribution in [0.3, 0.4) is 0 Å². The van der Waals surface area contributed by atoms with E-state index < -0.39 is 5.60 Å². The Labute approximate surface area is 137 Å². The molecule has 0 bridgehead atoms. The lowest BCUT2D eigenvalue weighted by atomic mass is 10.0. The number of nitrogens with one attached hydrogen (secondary N) is 1. The second kappa shape index (κ2) is 8.39. The van der Waals surface area contributed by atoms with Crippen molar-refractivity contribution in [2.24, 2.45) is 0 Å². The lowest BCUT2D eigenvalue weighted by Crippen LogP contribution is -2.33. The molecule has 22 heavy (non-hydrogen) atoms. The highest BCUT2D eigenvalue weighted by molar-refractivity contribution is 6.31. The Morgan fingerprint density at radius 1 is 1.27 bits per heavy atom. The topological polar surface area (TPSA) is 58.6 Å². The van der Waals surface area contributed by atoms with E-state index in [1.165, 1.54) is 5.56 Å². The van der Waals surface area contributed by atoms with Crippen molar-refractivity contribution < 1.29 is 14.6 Å². The molecule has 0 fully saturated rings. The first-order chi connectivity index (χ1) is 10.2. The third kappa shape index (κ3) is 6.67. The number of unbranched alkanes of at least 4 members (excludes halogenated alkanes) is 1. The summed E-state index contributed by atoms with van der Waals surface area (Å²) in [7, 11) is 0. The van der Waals surface area contributed by atoms with E-state index in [2.05, 4.69) is 5.32 Å². The largest absolute Gasteiger partial charge is 0.444 e. The van der Waals surface area contributed by atoms with Crippen LogP contribution < -0.4 is 5.32 Å². The van der Waals surface area contributed by atoms with E-state index in [4.69, 9.17) is 16.3 Å². The number of aliphatic hydroxyl groups is 1. The molecule has 0 heterocycles. The highest BCUT2D eigenvalue weighted by Gasteiger charge is 2.15. The summed E-state index contributed by atoms with van der Waals surface area (Å²) in [6.07, 6.45) is 2.34. The van der Waals surface area contributed by atoms with E-state index in [0.717, 1.165) is 30.4 Å². The maximum absolute atomic E-state index is 11.5. The van der Waals surface area contributed by atoms with Crippen molar-refractivity contribution in [1.82, 2.24) is 5.32 Å². The van der Waals surface area contributed by atoms with Crippen molar-refractivity contribution in [3.8, 4) is 0 Å². The summed E-state index contributed by atoms with van der Waals surface area (Å²) in [5, 5.41) is 12.5. The number of carbonyl (C=O) groups is 1. The van der Waals surface area contributed by atoms with E-state index in [-0.39, 0.29) is 12.7 Å². The van der Waals surface area contributed by atoms with Crippen LogP contribution in [0.4, 0.5) is 4.79 Å². The van der Waals surface area contributed by atoms with Gasteiger partial charge in [-0.25, -0.2) is 4.79 Å². The molecule has 0 atom stereocenters. The maximum Gasteiger partial charge on any atom is 0.407 e. The van der Waals surface area contributed by atoms with Crippen LogP contribution in [-0.4, -0.2) is 23.3 Å². The summed E-state index contributed by atoms with van der Waals surface area (Å²) in [5.41, 5.74) is 2.61. The Hall–Kier alpha value is -1.26. The van der Waals surface area contributed by atoms with Crippen molar-refractivity contribution in [1.29, 1.82) is 0 Å². The molecular formula is C17H26ClNO3. The van der Waals surface area contributed by atoms with Crippen LogP contribution in [-0.2, 0) is 17.8 Å². The molecule has 124 valence electrons. The monoisotopic (exact) mass is 327 g/mol. The molecule has 1 aromatic carbocycles. The lowest BCUT2D eigenvalue weighted by Gasteiger charge is -2.19. The third-order valence-corrected chi connectivity index (χ3v) is 3.57. The first kappa shape index (κ1) is 18.8. The Balaban J connectivity index is 2.34. The number of halogens is 1. The third-order valence-electron chi connectivity index (χ3n) is 3.22. The van der Waals surface area contributed by atoms with Gasteiger partial charge < -0.3 is 15.2 Å². The molecule has 1 amide bonds. The molecule has 0 saturated heterocycles. The molecule has 0 saturated carbocycles. The van der Waals surface area contributed by atoms with Gasteiger partial charge >= 0.3 is 6.09 Å². The van der Waals surface area contributed by atoms with Gasteiger partial charge in [0.15, 0.2) is 0 Å². The van der Waals surface area contributed by atoms with Gasteiger partial charge in [-0.2, -0.15) is 0 Å². The van der Waals surface area contributed by atoms with Gasteiger partial charge in [0, 0.05) is 11.6 Å². The smallest absolute Gasteiger partial charge is 0.407 e. The molecule has 0 aromatic heterocycles. The molecule has 0 unspecified atom stereocenters. The molecule has 0 spiro atoms. The molecular weight excluding hydrogens is 302 g/mol. The number of rotatable bonds is 6. The van der Waals surface area contributed by atoms with Crippen LogP contribution in [0, 0.1) is 6.92 Å². The highest BCUT2D eigenvalue weighted by Crippen LogP contribution is 2.22. The van der Waals surface area contributed by atoms with E-state index in [1.807, 2.05) is 39.8 Å². The van der Waals surface area contributed by atoms with Crippen molar-refractivity contribution in [3.05, 3.63) is 33.8 Å². The molecule has 0 aliphatic heterocycles. The van der Waals surface area contributed by atoms with Crippen LogP contribution in [0.25, 0.3) is 0 Å². The van der Waals surface area contributed by atoms with Gasteiger partial charge in [0.25, 0.3) is 0 Å². The first-order valence-corrected chi connectivity index (χ1v) is 7.96. The summed E-state index contributed by atoms with van der Waals surface area (Å²) < 4.78 is 5.17. The molecule has 5 heteroatoms. The Bertz CT molecular complexity index is 509. The summed E-state index contributed by atoms with van der Waals surface area (Å²) >= 11 is 6.11. The molecule has 0 aliphatic rings. The second-order valence-electron chi connectivity index (χ2n) is 6.41. The van der Waals surface area contributed by atoms with Gasteiger partial charge in [-0.3, -0.25) is 0 Å². The van der Waals surface area contributed by atoms with Crippen molar-refractivity contribution >= 4 is 17.7 Å². The zero-order valence-electron chi connectivity index (χ0n) is 13.8. The molecule has 0 radical (unpaired) electrons. The highest BCUT2D eigenvalue weighted by atomic mass is 35.5. The number of benzene rings is 1. The summed E-state index contributed by atoms with van der Waals surface area (Å²) in [6, 6.07) is 3.85. The Morgan fingerprint density at radius 2 is 1.95 bits per heavy atom. The summed E-state index contributed by atoms with van der Waals surface area (Å²) in [4.78, 5) is 11.5. The minimum atomic E-state index is -0.466. The molecule has 2 N–H and O–H groups in total. The normalized spacial score (nSPS) is 11.4. The fourth-order valence-corrected chi connectivity index (χ4v) is 2.36. The van der Waals surface area contributed by atoms with Crippen LogP contribution in [0.5, 0.6) is 0 Å². The second-order valence-corrected chi connectivity index (χ2v) is 6.82. The van der Waals surface area contributed by atoms with Gasteiger partial charge in [-0.15, -0.1) is 0 Å². The van der Waals surface area contributed by atoms with E-state index >= 15 is 0 Å². The minimum Gasteiger partial charge on any atom is -0.444 e. The number of hydrogen-bond acceptors (Lipinski definition) is 3. The zero-order chi connectivity index (χ0) is 16.8. The van der Waals surface area contributed by atoms with Crippen LogP contribution in [0.2, 0.25) is 5.02 Å². The van der Waals surface area contributed by atoms with E-state index in [9.17, 15) is 9.90 Å². The Kier molecular flexibility index (Phi) is 7.17. The first-order valence-electron chi connectivity index (χ1n) is 7.58. The SMILES string of the molecule is Cc1cc(CO)c(Cl)cc1CCCCNC(=O)OC(C)(C)C. The molecule has 0 aliphatic carbocycles. The standard InChI is InChI=1S/C17H26ClNO3/c1-12-9-14(11-20)15(18)10-13(12)7-5-6-8-19-16(21)22-17(2,3)4/h9-10,20H,5-8,11H2,1-4H3,(H,19,21). The van der Waals surface area contributed by atoms with Gasteiger partial charge in [0.05, 0.1) is 6.61 Å². The average molecular weight is 328 g/mol. The van der Waals surface area contributed by atoms with Crippen molar-refractivity contribution in [3.63, 3.8) is 0 Å². The van der Waals surface area contributed by atoms with Gasteiger partial charge in [0.1, 0.15) is 5.60 Å². The van der Waals surface area contributed by atoms with Crippen molar-refractivity contribution in [2.45, 2.75) is 59.2 Å². The number of hydrogen-bond donors (Lipinski definition) is 2. The number of carbonyl (C=O) groups excluding carboxylic acids is 1. The number of amides is 1. The fraction of sp³-hybridized carbons (Fsp3) is 0.588. The predicted molar refractivity (Wildman–Crippen MR) is 89.3 cm³/mol. The average Bonchev–Trinajstić information content (AvgIpc) is 2.39. The number of ether oxygens (including phenoxy) is 1. The fourth-order valence-electron chi connectivity index (χ4n) is 2.12. The van der Waals surface area contributed by atoms with Crippen molar-refractivity contribution in [2.75, 3.05) is 6.54 Å². The Morgan fingerprint density at radius 3 is 2.55 bits per heavy atom. The molecule has 1 aromatic rings. The molecule has 4 nitrogen and oxygen atoms in total. The minimum absolute atomic E-state index is 0.0419. The maximum atomic E-state index is 11.5. The van der Waals surface area contributed by atoms with Crippen LogP contribution in [0.1, 0.15) is 50.3 Å². The van der Waals surface area contributed by atoms with Gasteiger partial charge in [0.2, 0.25) is 0 Å². The summed E-state index contributed by atoms with van der Waals surface area (Å²) in [6.45, 7) is 8.10. The number of aryl methyl sites for hydroxylation is 2.